The van der Waals surface area contributed by atoms with Gasteiger partial charge in [0, 0.05) is 0 Å². The van der Waals surface area contributed by atoms with E-state index in [1.54, 1.807) is 0 Å². The Balaban J connectivity index is 4.57. The summed E-state index contributed by atoms with van der Waals surface area (Å²) >= 11 is 0. The van der Waals surface area contributed by atoms with E-state index in [1.165, 1.54) is 13.1 Å². The van der Waals surface area contributed by atoms with E-state index in [0.717, 1.165) is 0 Å². The molecule has 0 rings (SSSR count). The van der Waals surface area contributed by atoms with Crippen LogP contribution in [-0.4, -0.2) is 33.0 Å². The summed E-state index contributed by atoms with van der Waals surface area (Å²) in [5, 5.41) is 0. The van der Waals surface area contributed by atoms with Crippen LogP contribution in [-0.2, 0) is 0 Å². The van der Waals surface area contributed by atoms with Crippen molar-refractivity contribution in [3.8, 4) is 0 Å². The average molecular weight is 203 g/mol. The summed E-state index contributed by atoms with van der Waals surface area (Å²) in [7, 11) is -1.99. The third-order valence-electron chi connectivity index (χ3n) is 3.39. The van der Waals surface area contributed by atoms with Gasteiger partial charge < -0.3 is 4.57 Å². The van der Waals surface area contributed by atoms with Crippen LogP contribution in [0.5, 0.6) is 0 Å². The minimum absolute atomic E-state index is 0.925. The van der Waals surface area contributed by atoms with Crippen molar-refractivity contribution in [3.05, 3.63) is 0 Å². The highest BCUT2D eigenvalue weighted by Gasteiger charge is 2.40. The predicted molar refractivity (Wildman–Crippen MR) is 63.7 cm³/mol. The van der Waals surface area contributed by atoms with Gasteiger partial charge in [-0.05, 0) is 13.1 Å². The number of nitrogens with zero attached hydrogens (tertiary/aromatic N) is 1. The first-order valence-electron chi connectivity index (χ1n) is 5.02. The predicted octanol–water partition coefficient (Wildman–Crippen LogP) is 2.95. The molecule has 0 amide bonds. The average Bonchev–Trinajstić information content (AvgIpc) is 1.87. The lowest BCUT2D eigenvalue weighted by molar-refractivity contribution is 0.476. The van der Waals surface area contributed by atoms with E-state index in [1.807, 2.05) is 0 Å². The summed E-state index contributed by atoms with van der Waals surface area (Å²) in [6.07, 6.45) is 0. The van der Waals surface area contributed by atoms with E-state index in [4.69, 9.17) is 0 Å². The van der Waals surface area contributed by atoms with Gasteiger partial charge in [-0.3, -0.25) is 0 Å². The van der Waals surface area contributed by atoms with Gasteiger partial charge in [0.15, 0.2) is 0 Å². The molecule has 0 spiro atoms. The molecule has 0 fully saturated rings. The van der Waals surface area contributed by atoms with Gasteiger partial charge in [-0.25, -0.2) is 0 Å². The van der Waals surface area contributed by atoms with E-state index in [9.17, 15) is 0 Å². The zero-order valence-electron chi connectivity index (χ0n) is 9.86. The van der Waals surface area contributed by atoms with Crippen molar-refractivity contribution in [3.63, 3.8) is 0 Å². The van der Waals surface area contributed by atoms with Crippen molar-refractivity contribution in [1.82, 2.24) is 4.57 Å². The zero-order chi connectivity index (χ0) is 9.99. The summed E-state index contributed by atoms with van der Waals surface area (Å²) in [5.74, 6) is 0. The smallest absolute Gasteiger partial charge is 0.111 e. The number of rotatable bonds is 4. The molecule has 0 saturated carbocycles. The molecule has 0 aliphatic heterocycles. The quantitative estimate of drug-likeness (QED) is 0.635. The van der Waals surface area contributed by atoms with Crippen molar-refractivity contribution in [1.29, 1.82) is 0 Å². The SMILES string of the molecule is CCN(CC)[Si](C)(C)[Si](C)(C)C. The Morgan fingerprint density at radius 1 is 0.833 bits per heavy atom. The molecule has 0 aliphatic rings. The lowest BCUT2D eigenvalue weighted by atomic mass is 10.7. The lowest BCUT2D eigenvalue weighted by Crippen LogP contribution is -2.64. The van der Waals surface area contributed by atoms with Crippen molar-refractivity contribution >= 4 is 15.3 Å². The first kappa shape index (κ1) is 12.4. The molecule has 1 nitrogen and oxygen atoms in total. The van der Waals surface area contributed by atoms with Gasteiger partial charge in [0.2, 0.25) is 0 Å². The lowest BCUT2D eigenvalue weighted by Gasteiger charge is -2.44. The fourth-order valence-corrected chi connectivity index (χ4v) is 7.81. The fourth-order valence-electron chi connectivity index (χ4n) is 1.49. The van der Waals surface area contributed by atoms with Crippen molar-refractivity contribution in [2.45, 2.75) is 46.6 Å². The molecule has 0 aliphatic carbocycles. The summed E-state index contributed by atoms with van der Waals surface area (Å²) < 4.78 is 2.72. The minimum atomic E-state index is -1.06. The fraction of sp³-hybridized carbons (Fsp3) is 1.00. The molecule has 0 bridgehead atoms. The van der Waals surface area contributed by atoms with E-state index >= 15 is 0 Å². The highest BCUT2D eigenvalue weighted by atomic mass is 29.3. The molecule has 74 valence electrons. The van der Waals surface area contributed by atoms with Crippen LogP contribution in [0.25, 0.3) is 0 Å². The van der Waals surface area contributed by atoms with Crippen LogP contribution in [0.2, 0.25) is 32.7 Å². The van der Waals surface area contributed by atoms with E-state index in [-0.39, 0.29) is 0 Å². The first-order valence-corrected chi connectivity index (χ1v) is 12.5. The summed E-state index contributed by atoms with van der Waals surface area (Å²) in [6.45, 7) is 19.7. The Kier molecular flexibility index (Phi) is 4.20. The van der Waals surface area contributed by atoms with Gasteiger partial charge in [-0.15, -0.1) is 0 Å². The zero-order valence-corrected chi connectivity index (χ0v) is 11.9. The molecule has 0 radical (unpaired) electrons. The van der Waals surface area contributed by atoms with Crippen molar-refractivity contribution in [2.75, 3.05) is 13.1 Å². The molecule has 3 heteroatoms. The largest absolute Gasteiger partial charge is 0.326 e. The minimum Gasteiger partial charge on any atom is -0.326 e. The molecule has 0 aromatic carbocycles. The molecule has 0 N–H and O–H groups in total. The van der Waals surface area contributed by atoms with Gasteiger partial charge in [-0.2, -0.15) is 0 Å². The van der Waals surface area contributed by atoms with Gasteiger partial charge >= 0.3 is 0 Å². The summed E-state index contributed by atoms with van der Waals surface area (Å²) in [6, 6.07) is 0. The highest BCUT2D eigenvalue weighted by Crippen LogP contribution is 2.22. The van der Waals surface area contributed by atoms with Crippen LogP contribution < -0.4 is 0 Å². The highest BCUT2D eigenvalue weighted by molar-refractivity contribution is 7.39. The van der Waals surface area contributed by atoms with Crippen LogP contribution >= 0.6 is 0 Å². The van der Waals surface area contributed by atoms with Gasteiger partial charge in [0.05, 0.1) is 7.59 Å². The second kappa shape index (κ2) is 4.07. The van der Waals surface area contributed by atoms with Crippen LogP contribution in [0.4, 0.5) is 0 Å². The third-order valence-corrected chi connectivity index (χ3v) is 21.2. The Hall–Kier alpha value is 0.394. The maximum absolute atomic E-state index is 2.72. The standard InChI is InChI=1S/C9H25NSi2/c1-8-10(9-2)12(6,7)11(3,4)5/h8-9H2,1-7H3. The Labute approximate surface area is 80.0 Å². The van der Waals surface area contributed by atoms with Crippen molar-refractivity contribution in [2.24, 2.45) is 0 Å². The second-order valence-electron chi connectivity index (χ2n) is 4.98. The van der Waals surface area contributed by atoms with Crippen LogP contribution in [0.3, 0.4) is 0 Å². The summed E-state index contributed by atoms with van der Waals surface area (Å²) in [4.78, 5) is 0. The maximum atomic E-state index is 2.72. The van der Waals surface area contributed by atoms with E-state index in [2.05, 4.69) is 51.1 Å². The maximum Gasteiger partial charge on any atom is 0.111 e. The Morgan fingerprint density at radius 3 is 1.25 bits per heavy atom. The number of hydrogen-bond acceptors (Lipinski definition) is 1. The van der Waals surface area contributed by atoms with Crippen LogP contribution in [0.1, 0.15) is 13.8 Å². The monoisotopic (exact) mass is 203 g/mol. The first-order chi connectivity index (χ1) is 5.27. The van der Waals surface area contributed by atoms with E-state index in [0.29, 0.717) is 0 Å². The molecule has 0 aromatic rings. The van der Waals surface area contributed by atoms with Gasteiger partial charge in [0.25, 0.3) is 0 Å². The normalized spacial score (nSPS) is 14.0. The van der Waals surface area contributed by atoms with Crippen LogP contribution in [0, 0.1) is 0 Å². The molecule has 0 atom stereocenters. The molecular formula is C9H25NSi2. The molecule has 0 aromatic heterocycles. The Bertz CT molecular complexity index is 134. The van der Waals surface area contributed by atoms with Crippen molar-refractivity contribution < 1.29 is 0 Å². The molecule has 12 heavy (non-hydrogen) atoms. The third kappa shape index (κ3) is 2.44. The molecule has 0 saturated heterocycles. The number of hydrogen-bond donors (Lipinski definition) is 0. The van der Waals surface area contributed by atoms with E-state index < -0.39 is 15.3 Å². The molecule has 0 unspecified atom stereocenters. The van der Waals surface area contributed by atoms with Gasteiger partial charge in [-0.1, -0.05) is 46.6 Å². The van der Waals surface area contributed by atoms with Gasteiger partial charge in [0.1, 0.15) is 7.75 Å². The Morgan fingerprint density at radius 2 is 1.17 bits per heavy atom. The molecular weight excluding hydrogens is 178 g/mol. The topological polar surface area (TPSA) is 3.24 Å². The van der Waals surface area contributed by atoms with Crippen LogP contribution in [0.15, 0.2) is 0 Å². The second-order valence-corrected chi connectivity index (χ2v) is 21.4. The summed E-state index contributed by atoms with van der Waals surface area (Å²) in [5.41, 5.74) is 0. The molecule has 0 heterocycles.